The lowest BCUT2D eigenvalue weighted by Crippen LogP contribution is -2.15. The Morgan fingerprint density at radius 1 is 0.417 bits per heavy atom. The highest BCUT2D eigenvalue weighted by molar-refractivity contribution is 5.90. The number of benzene rings is 6. The first kappa shape index (κ1) is 36.0. The number of ether oxygens (including phenoxy) is 3. The fourth-order valence-electron chi connectivity index (χ4n) is 7.27. The normalized spacial score (nSPS) is 11.7. The zero-order chi connectivity index (χ0) is 40.4. The van der Waals surface area contributed by atoms with Crippen LogP contribution in [0.2, 0.25) is 0 Å². The van der Waals surface area contributed by atoms with E-state index in [-0.39, 0.29) is 13.2 Å². The highest BCUT2D eigenvalue weighted by Crippen LogP contribution is 2.50. The first-order valence-corrected chi connectivity index (χ1v) is 19.0. The van der Waals surface area contributed by atoms with Crippen molar-refractivity contribution in [2.75, 3.05) is 4.90 Å². The van der Waals surface area contributed by atoms with Crippen LogP contribution in [0.15, 0.2) is 152 Å². The average molecular weight is 786 g/mol. The van der Waals surface area contributed by atoms with Crippen LogP contribution in [0.25, 0.3) is 67.6 Å². The highest BCUT2D eigenvalue weighted by atomic mass is 16.5. The second kappa shape index (κ2) is 15.5. The minimum Gasteiger partial charge on any atom is -0.463 e. The van der Waals surface area contributed by atoms with Crippen LogP contribution in [0, 0.1) is 0 Å². The highest BCUT2D eigenvalue weighted by Gasteiger charge is 2.26. The van der Waals surface area contributed by atoms with Gasteiger partial charge >= 0.3 is 0 Å². The predicted octanol–water partition coefficient (Wildman–Crippen LogP) is 9.95. The summed E-state index contributed by atoms with van der Waals surface area (Å²) in [7, 11) is 0. The molecule has 0 amide bonds. The van der Waals surface area contributed by atoms with Crippen LogP contribution in [0.1, 0.15) is 11.1 Å². The molecular formula is C48H31N7O5. The third-order valence-electron chi connectivity index (χ3n) is 10.1. The minimum atomic E-state index is 0.144. The Kier molecular flexibility index (Phi) is 9.31. The summed E-state index contributed by atoms with van der Waals surface area (Å²) in [5.74, 6) is 1.55. The number of hydrogen-bond acceptors (Lipinski definition) is 12. The maximum Gasteiger partial charge on any atom is 0.293 e. The molecule has 0 N–H and O–H groups in total. The topological polar surface area (TPSA) is 142 Å². The maximum absolute atomic E-state index is 10.8. The van der Waals surface area contributed by atoms with Crippen molar-refractivity contribution < 1.29 is 23.8 Å². The summed E-state index contributed by atoms with van der Waals surface area (Å²) in [6.07, 6.45) is 0. The first-order chi connectivity index (χ1) is 29.6. The first-order valence-electron chi connectivity index (χ1n) is 19.0. The molecule has 1 aliphatic heterocycles. The van der Waals surface area contributed by atoms with Crippen LogP contribution in [-0.4, -0.2) is 42.8 Å². The molecule has 60 heavy (non-hydrogen) atoms. The molecule has 0 unspecified atom stereocenters. The lowest BCUT2D eigenvalue weighted by molar-refractivity contribution is -0.130. The van der Waals surface area contributed by atoms with Crippen molar-refractivity contribution in [3.8, 4) is 56.5 Å². The van der Waals surface area contributed by atoms with Gasteiger partial charge in [0.05, 0.1) is 34.2 Å². The smallest absolute Gasteiger partial charge is 0.293 e. The summed E-state index contributed by atoms with van der Waals surface area (Å²) >= 11 is 0. The van der Waals surface area contributed by atoms with Crippen molar-refractivity contribution in [1.29, 1.82) is 0 Å². The molecule has 1 aliphatic rings. The average Bonchev–Trinajstić information content (AvgIpc) is 3.31. The van der Waals surface area contributed by atoms with Gasteiger partial charge in [-0.1, -0.05) is 115 Å². The zero-order valence-electron chi connectivity index (χ0n) is 31.7. The van der Waals surface area contributed by atoms with E-state index < -0.39 is 0 Å². The van der Waals surface area contributed by atoms with Gasteiger partial charge in [-0.3, -0.25) is 9.59 Å². The summed E-state index contributed by atoms with van der Waals surface area (Å²) in [4.78, 5) is 53.9. The van der Waals surface area contributed by atoms with Crippen LogP contribution in [-0.2, 0) is 32.3 Å². The van der Waals surface area contributed by atoms with Crippen molar-refractivity contribution in [1.82, 2.24) is 29.9 Å². The molecule has 0 fully saturated rings. The van der Waals surface area contributed by atoms with E-state index in [1.165, 1.54) is 0 Å². The van der Waals surface area contributed by atoms with E-state index in [2.05, 4.69) is 17.0 Å². The molecule has 10 rings (SSSR count). The fraction of sp³-hybridized carbons (Fsp3) is 0.0417. The zero-order valence-corrected chi connectivity index (χ0v) is 31.7. The van der Waals surface area contributed by atoms with Gasteiger partial charge in [0.15, 0.2) is 11.5 Å². The lowest BCUT2D eigenvalue weighted by Gasteiger charge is -2.32. The molecule has 6 aromatic carbocycles. The molecule has 0 atom stereocenters. The maximum atomic E-state index is 10.8. The number of hydrogen-bond donors (Lipinski definition) is 0. The number of carbonyl (C=O) groups excluding carboxylic acids is 2. The summed E-state index contributed by atoms with van der Waals surface area (Å²) in [6.45, 7) is 1.13. The van der Waals surface area contributed by atoms with E-state index in [9.17, 15) is 9.59 Å². The Balaban J connectivity index is 1.10. The monoisotopic (exact) mass is 785 g/mol. The molecular weight excluding hydrogens is 755 g/mol. The van der Waals surface area contributed by atoms with Crippen LogP contribution < -0.4 is 9.64 Å². The summed E-state index contributed by atoms with van der Waals surface area (Å²) in [5, 5.41) is 0. The van der Waals surface area contributed by atoms with Crippen molar-refractivity contribution in [2.45, 2.75) is 13.2 Å². The third-order valence-corrected chi connectivity index (χ3v) is 10.1. The second-order valence-electron chi connectivity index (χ2n) is 13.9. The van der Waals surface area contributed by atoms with Crippen LogP contribution in [0.4, 0.5) is 17.1 Å². The number of para-hydroxylation sites is 4. The van der Waals surface area contributed by atoms with Crippen LogP contribution in [0.3, 0.4) is 0 Å². The Morgan fingerprint density at radius 2 is 0.783 bits per heavy atom. The molecule has 0 saturated carbocycles. The molecule has 288 valence electrons. The van der Waals surface area contributed by atoms with Crippen molar-refractivity contribution in [3.63, 3.8) is 0 Å². The predicted molar refractivity (Wildman–Crippen MR) is 226 cm³/mol. The van der Waals surface area contributed by atoms with E-state index in [0.717, 1.165) is 61.9 Å². The number of anilines is 3. The van der Waals surface area contributed by atoms with Crippen LogP contribution in [0.5, 0.6) is 11.5 Å². The molecule has 9 aromatic rings. The number of carbonyl (C=O) groups is 2. The van der Waals surface area contributed by atoms with Crippen molar-refractivity contribution >= 4 is 52.6 Å². The molecule has 12 nitrogen and oxygen atoms in total. The van der Waals surface area contributed by atoms with E-state index in [1.54, 1.807) is 0 Å². The molecule has 0 aliphatic carbocycles. The van der Waals surface area contributed by atoms with E-state index in [0.29, 0.717) is 58.3 Å². The van der Waals surface area contributed by atoms with Crippen LogP contribution >= 0.6 is 0 Å². The van der Waals surface area contributed by atoms with E-state index in [4.69, 9.17) is 44.1 Å². The quantitative estimate of drug-likeness (QED) is 0.0910. The van der Waals surface area contributed by atoms with Gasteiger partial charge in [-0.2, -0.15) is 0 Å². The molecule has 3 aromatic heterocycles. The van der Waals surface area contributed by atoms with Gasteiger partial charge in [0.1, 0.15) is 13.2 Å². The second-order valence-corrected chi connectivity index (χ2v) is 13.9. The SMILES string of the molecule is O=COCc1ccc(-c2nc3nc4nc(-c5ccccc5)c(-c5ccc(N6c7ccccc7Oc7ccccc76)cc5)nc4nc3nc2-c2ccc(COC=O)cc2)cc1. The van der Waals surface area contributed by atoms with Gasteiger partial charge in [0, 0.05) is 27.9 Å². The molecule has 0 radical (unpaired) electrons. The number of rotatable bonds is 11. The summed E-state index contributed by atoms with van der Waals surface area (Å²) in [6, 6.07) is 49.1. The largest absolute Gasteiger partial charge is 0.463 e. The van der Waals surface area contributed by atoms with Crippen molar-refractivity contribution in [3.05, 3.63) is 163 Å². The Morgan fingerprint density at radius 3 is 1.20 bits per heavy atom. The number of nitrogens with zero attached hydrogens (tertiary/aromatic N) is 7. The van der Waals surface area contributed by atoms with Gasteiger partial charge < -0.3 is 19.1 Å². The molecule has 0 spiro atoms. The Labute approximate surface area is 342 Å². The Bertz CT molecular complexity index is 3010. The summed E-state index contributed by atoms with van der Waals surface area (Å²) in [5.41, 5.74) is 11.3. The third kappa shape index (κ3) is 6.77. The van der Waals surface area contributed by atoms with Gasteiger partial charge in [0.25, 0.3) is 12.9 Å². The summed E-state index contributed by atoms with van der Waals surface area (Å²) < 4.78 is 16.1. The van der Waals surface area contributed by atoms with Gasteiger partial charge in [-0.25, -0.2) is 29.9 Å². The molecule has 12 heteroatoms. The van der Waals surface area contributed by atoms with E-state index >= 15 is 0 Å². The van der Waals surface area contributed by atoms with Gasteiger partial charge in [0.2, 0.25) is 22.6 Å². The lowest BCUT2D eigenvalue weighted by atomic mass is 10.0. The minimum absolute atomic E-state index is 0.144. The Hall–Kier alpha value is -8.38. The number of aromatic nitrogens is 6. The standard InChI is InChI=1S/C48H31N7O5/c56-28-58-26-30-14-18-33(19-15-30)42-43(34-20-16-31(17-21-34)27-59-29-57)51-48-47(50-42)53-45-46(54-48)52-44(41(49-45)32-8-2-1-3-9-32)35-22-24-36(25-23-35)55-37-10-4-6-12-39(37)60-40-13-7-5-11-38(40)55/h1-25,28-29H,26-27H2. The van der Waals surface area contributed by atoms with Crippen molar-refractivity contribution in [2.24, 2.45) is 0 Å². The molecule has 0 saturated heterocycles. The fourth-order valence-corrected chi connectivity index (χ4v) is 7.27. The van der Waals surface area contributed by atoms with Gasteiger partial charge in [-0.15, -0.1) is 0 Å². The van der Waals surface area contributed by atoms with Gasteiger partial charge in [-0.05, 0) is 47.5 Å². The molecule has 4 heterocycles. The number of fused-ring (bicyclic) bond motifs is 4. The van der Waals surface area contributed by atoms with E-state index in [1.807, 2.05) is 140 Å². The molecule has 0 bridgehead atoms.